The van der Waals surface area contributed by atoms with Gasteiger partial charge in [-0.1, -0.05) is 36.8 Å². The first-order valence-corrected chi connectivity index (χ1v) is 8.76. The first-order valence-electron chi connectivity index (χ1n) is 8.76. The van der Waals surface area contributed by atoms with Gasteiger partial charge in [0.05, 0.1) is 7.11 Å². The SMILES string of the molecule is CCC(Oc1ccc(C)cc1)C(=O)NCCCc1cccc(OC)c1. The Kier molecular flexibility index (Phi) is 7.33. The molecule has 0 fully saturated rings. The molecule has 1 atom stereocenters. The van der Waals surface area contributed by atoms with E-state index in [9.17, 15) is 4.79 Å². The molecular weight excluding hydrogens is 314 g/mol. The molecule has 0 saturated carbocycles. The molecule has 2 aromatic carbocycles. The van der Waals surface area contributed by atoms with Crippen LogP contribution in [0.5, 0.6) is 11.5 Å². The fourth-order valence-electron chi connectivity index (χ4n) is 2.55. The van der Waals surface area contributed by atoms with Crippen molar-refractivity contribution in [2.75, 3.05) is 13.7 Å². The second kappa shape index (κ2) is 9.72. The normalized spacial score (nSPS) is 11.6. The van der Waals surface area contributed by atoms with Crippen molar-refractivity contribution in [2.24, 2.45) is 0 Å². The monoisotopic (exact) mass is 341 g/mol. The van der Waals surface area contributed by atoms with Crippen molar-refractivity contribution in [1.29, 1.82) is 0 Å². The smallest absolute Gasteiger partial charge is 0.261 e. The molecule has 134 valence electrons. The van der Waals surface area contributed by atoms with Crippen molar-refractivity contribution in [2.45, 2.75) is 39.2 Å². The van der Waals surface area contributed by atoms with Gasteiger partial charge in [0, 0.05) is 6.54 Å². The third-order valence-electron chi connectivity index (χ3n) is 4.04. The molecule has 25 heavy (non-hydrogen) atoms. The van der Waals surface area contributed by atoms with Gasteiger partial charge in [-0.3, -0.25) is 4.79 Å². The van der Waals surface area contributed by atoms with E-state index in [1.807, 2.05) is 56.3 Å². The Hall–Kier alpha value is -2.49. The summed E-state index contributed by atoms with van der Waals surface area (Å²) < 4.78 is 11.0. The summed E-state index contributed by atoms with van der Waals surface area (Å²) in [6, 6.07) is 15.8. The number of rotatable bonds is 9. The Bertz CT molecular complexity index is 667. The number of benzene rings is 2. The summed E-state index contributed by atoms with van der Waals surface area (Å²) in [6.07, 6.45) is 1.95. The first-order chi connectivity index (χ1) is 12.1. The highest BCUT2D eigenvalue weighted by atomic mass is 16.5. The second-order valence-corrected chi connectivity index (χ2v) is 6.07. The fraction of sp³-hybridized carbons (Fsp3) is 0.381. The van der Waals surface area contributed by atoms with Gasteiger partial charge in [-0.2, -0.15) is 0 Å². The molecule has 1 N–H and O–H groups in total. The summed E-state index contributed by atoms with van der Waals surface area (Å²) in [5.74, 6) is 1.52. The van der Waals surface area contributed by atoms with Crippen LogP contribution in [0.2, 0.25) is 0 Å². The van der Waals surface area contributed by atoms with Crippen LogP contribution in [-0.2, 0) is 11.2 Å². The lowest BCUT2D eigenvalue weighted by atomic mass is 10.1. The summed E-state index contributed by atoms with van der Waals surface area (Å²) in [7, 11) is 1.66. The molecular formula is C21H27NO3. The van der Waals surface area contributed by atoms with E-state index in [0.717, 1.165) is 24.3 Å². The zero-order chi connectivity index (χ0) is 18.1. The Morgan fingerprint density at radius 1 is 1.12 bits per heavy atom. The first kappa shape index (κ1) is 18.8. The molecule has 0 radical (unpaired) electrons. The predicted octanol–water partition coefficient (Wildman–Crippen LogP) is 3.91. The number of amides is 1. The van der Waals surface area contributed by atoms with Gasteiger partial charge in [0.2, 0.25) is 0 Å². The molecule has 0 aliphatic heterocycles. The maximum absolute atomic E-state index is 12.3. The largest absolute Gasteiger partial charge is 0.497 e. The summed E-state index contributed by atoms with van der Waals surface area (Å²) in [5.41, 5.74) is 2.37. The fourth-order valence-corrected chi connectivity index (χ4v) is 2.55. The van der Waals surface area contributed by atoms with Gasteiger partial charge in [0.1, 0.15) is 11.5 Å². The van der Waals surface area contributed by atoms with E-state index in [4.69, 9.17) is 9.47 Å². The van der Waals surface area contributed by atoms with Crippen molar-refractivity contribution in [3.8, 4) is 11.5 Å². The highest BCUT2D eigenvalue weighted by molar-refractivity contribution is 5.81. The minimum absolute atomic E-state index is 0.0614. The van der Waals surface area contributed by atoms with Crippen LogP contribution in [0.25, 0.3) is 0 Å². The van der Waals surface area contributed by atoms with Gasteiger partial charge in [0.25, 0.3) is 5.91 Å². The van der Waals surface area contributed by atoms with Crippen molar-refractivity contribution in [3.63, 3.8) is 0 Å². The molecule has 0 aromatic heterocycles. The second-order valence-electron chi connectivity index (χ2n) is 6.07. The summed E-state index contributed by atoms with van der Waals surface area (Å²) in [5, 5.41) is 2.97. The Balaban J connectivity index is 1.76. The van der Waals surface area contributed by atoms with Crippen LogP contribution in [-0.4, -0.2) is 25.7 Å². The average molecular weight is 341 g/mol. The summed E-state index contributed by atoms with van der Waals surface area (Å²) in [4.78, 5) is 12.3. The molecule has 0 saturated heterocycles. The maximum atomic E-state index is 12.3. The zero-order valence-electron chi connectivity index (χ0n) is 15.2. The van der Waals surface area contributed by atoms with Gasteiger partial charge in [-0.25, -0.2) is 0 Å². The van der Waals surface area contributed by atoms with Crippen LogP contribution in [0.3, 0.4) is 0 Å². The molecule has 2 rings (SSSR count). The van der Waals surface area contributed by atoms with Gasteiger partial charge in [0.15, 0.2) is 6.10 Å². The molecule has 0 spiro atoms. The van der Waals surface area contributed by atoms with Crippen LogP contribution in [0.4, 0.5) is 0 Å². The lowest BCUT2D eigenvalue weighted by Crippen LogP contribution is -2.38. The van der Waals surface area contributed by atoms with Crippen molar-refractivity contribution in [3.05, 3.63) is 59.7 Å². The quantitative estimate of drug-likeness (QED) is 0.704. The number of carbonyl (C=O) groups excluding carboxylic acids is 1. The van der Waals surface area contributed by atoms with E-state index >= 15 is 0 Å². The van der Waals surface area contributed by atoms with E-state index < -0.39 is 6.10 Å². The molecule has 0 bridgehead atoms. The number of hydrogen-bond acceptors (Lipinski definition) is 3. The number of methoxy groups -OCH3 is 1. The minimum Gasteiger partial charge on any atom is -0.497 e. The Labute approximate surface area is 150 Å². The van der Waals surface area contributed by atoms with Crippen molar-refractivity contribution < 1.29 is 14.3 Å². The lowest BCUT2D eigenvalue weighted by molar-refractivity contribution is -0.128. The predicted molar refractivity (Wildman–Crippen MR) is 100 cm³/mol. The van der Waals surface area contributed by atoms with Crippen molar-refractivity contribution >= 4 is 5.91 Å². The van der Waals surface area contributed by atoms with Crippen LogP contribution in [0.1, 0.15) is 30.9 Å². The van der Waals surface area contributed by atoms with E-state index in [0.29, 0.717) is 13.0 Å². The summed E-state index contributed by atoms with van der Waals surface area (Å²) >= 11 is 0. The Morgan fingerprint density at radius 3 is 2.56 bits per heavy atom. The van der Waals surface area contributed by atoms with Crippen LogP contribution in [0.15, 0.2) is 48.5 Å². The van der Waals surface area contributed by atoms with Crippen molar-refractivity contribution in [1.82, 2.24) is 5.32 Å². The molecule has 2 aromatic rings. The minimum atomic E-state index is -0.459. The van der Waals surface area contributed by atoms with E-state index in [-0.39, 0.29) is 5.91 Å². The van der Waals surface area contributed by atoms with Gasteiger partial charge < -0.3 is 14.8 Å². The third kappa shape index (κ3) is 6.14. The zero-order valence-corrected chi connectivity index (χ0v) is 15.2. The topological polar surface area (TPSA) is 47.6 Å². The molecule has 1 unspecified atom stereocenters. The number of ether oxygens (including phenoxy) is 2. The highest BCUT2D eigenvalue weighted by Crippen LogP contribution is 2.15. The van der Waals surface area contributed by atoms with Gasteiger partial charge in [-0.05, 0) is 56.0 Å². The van der Waals surface area contributed by atoms with E-state index in [2.05, 4.69) is 11.4 Å². The number of carbonyl (C=O) groups is 1. The van der Waals surface area contributed by atoms with E-state index in [1.165, 1.54) is 11.1 Å². The van der Waals surface area contributed by atoms with Crippen LogP contribution < -0.4 is 14.8 Å². The average Bonchev–Trinajstić information content (AvgIpc) is 2.64. The maximum Gasteiger partial charge on any atom is 0.261 e. The van der Waals surface area contributed by atoms with E-state index in [1.54, 1.807) is 7.11 Å². The standard InChI is InChI=1S/C21H27NO3/c1-4-20(25-18-12-10-16(2)11-13-18)21(23)22-14-6-8-17-7-5-9-19(15-17)24-3/h5,7,9-13,15,20H,4,6,8,14H2,1-3H3,(H,22,23). The molecule has 0 heterocycles. The molecule has 1 amide bonds. The number of aryl methyl sites for hydroxylation is 2. The molecule has 4 nitrogen and oxygen atoms in total. The molecule has 4 heteroatoms. The van der Waals surface area contributed by atoms with Crippen LogP contribution >= 0.6 is 0 Å². The van der Waals surface area contributed by atoms with Gasteiger partial charge in [-0.15, -0.1) is 0 Å². The number of nitrogens with one attached hydrogen (secondary N) is 1. The number of hydrogen-bond donors (Lipinski definition) is 1. The third-order valence-corrected chi connectivity index (χ3v) is 4.04. The van der Waals surface area contributed by atoms with Gasteiger partial charge >= 0.3 is 0 Å². The molecule has 0 aliphatic carbocycles. The van der Waals surface area contributed by atoms with Crippen LogP contribution in [0, 0.1) is 6.92 Å². The highest BCUT2D eigenvalue weighted by Gasteiger charge is 2.17. The summed E-state index contributed by atoms with van der Waals surface area (Å²) in [6.45, 7) is 4.61. The lowest BCUT2D eigenvalue weighted by Gasteiger charge is -2.17. The molecule has 0 aliphatic rings. The Morgan fingerprint density at radius 2 is 1.88 bits per heavy atom.